The summed E-state index contributed by atoms with van der Waals surface area (Å²) in [5, 5.41) is 4.79. The van der Waals surface area contributed by atoms with E-state index < -0.39 is 5.41 Å². The van der Waals surface area contributed by atoms with E-state index >= 15 is 0 Å². The minimum Gasteiger partial charge on any atom is -0.456 e. The summed E-state index contributed by atoms with van der Waals surface area (Å²) < 4.78 is 8.89. The molecular weight excluding hydrogens is 651 g/mol. The molecule has 244 valence electrons. The minimum absolute atomic E-state index is 0.496. The highest BCUT2D eigenvalue weighted by molar-refractivity contribution is 7.26. The minimum atomic E-state index is -0.496. The molecule has 11 rings (SSSR count). The van der Waals surface area contributed by atoms with Gasteiger partial charge in [-0.3, -0.25) is 0 Å². The van der Waals surface area contributed by atoms with Gasteiger partial charge in [-0.1, -0.05) is 146 Å². The molecule has 0 unspecified atom stereocenters. The predicted molar refractivity (Wildman–Crippen MR) is 219 cm³/mol. The van der Waals surface area contributed by atoms with Crippen molar-refractivity contribution in [2.75, 3.05) is 4.90 Å². The molecule has 8 aromatic carbocycles. The second-order valence-electron chi connectivity index (χ2n) is 13.6. The van der Waals surface area contributed by atoms with Crippen LogP contribution in [-0.2, 0) is 5.41 Å². The van der Waals surface area contributed by atoms with Crippen LogP contribution in [0.1, 0.15) is 22.3 Å². The van der Waals surface area contributed by atoms with E-state index in [1.807, 2.05) is 17.4 Å². The van der Waals surface area contributed by atoms with Crippen molar-refractivity contribution >= 4 is 70.5 Å². The van der Waals surface area contributed by atoms with Gasteiger partial charge >= 0.3 is 0 Å². The number of hydrogen-bond donors (Lipinski definition) is 0. The first kappa shape index (κ1) is 29.3. The Morgan fingerprint density at radius 2 is 1.06 bits per heavy atom. The van der Waals surface area contributed by atoms with Crippen molar-refractivity contribution in [3.05, 3.63) is 210 Å². The molecule has 1 aliphatic rings. The van der Waals surface area contributed by atoms with Crippen LogP contribution in [0.2, 0.25) is 0 Å². The van der Waals surface area contributed by atoms with Crippen molar-refractivity contribution in [2.45, 2.75) is 5.41 Å². The predicted octanol–water partition coefficient (Wildman–Crippen LogP) is 13.8. The molecule has 0 spiro atoms. The third kappa shape index (κ3) is 4.06. The maximum atomic E-state index is 6.34. The van der Waals surface area contributed by atoms with Crippen LogP contribution in [0.25, 0.3) is 53.2 Å². The maximum Gasteiger partial charge on any atom is 0.135 e. The molecule has 0 fully saturated rings. The first-order valence-corrected chi connectivity index (χ1v) is 18.6. The monoisotopic (exact) mass is 681 g/mol. The average Bonchev–Trinajstić information content (AvgIpc) is 3.88. The number of hydrogen-bond acceptors (Lipinski definition) is 3. The molecule has 0 atom stereocenters. The summed E-state index contributed by atoms with van der Waals surface area (Å²) in [7, 11) is 0. The van der Waals surface area contributed by atoms with Gasteiger partial charge in [0.25, 0.3) is 0 Å². The molecular formula is C49H31NOS. The lowest BCUT2D eigenvalue weighted by Gasteiger charge is -2.34. The van der Waals surface area contributed by atoms with Crippen LogP contribution in [-0.4, -0.2) is 0 Å². The molecule has 0 N–H and O–H groups in total. The Morgan fingerprint density at radius 3 is 1.88 bits per heavy atom. The Morgan fingerprint density at radius 1 is 0.442 bits per heavy atom. The summed E-state index contributed by atoms with van der Waals surface area (Å²) in [5.74, 6) is 0. The van der Waals surface area contributed by atoms with Crippen LogP contribution >= 0.6 is 11.3 Å². The van der Waals surface area contributed by atoms with Gasteiger partial charge in [0, 0.05) is 37.5 Å². The zero-order valence-corrected chi connectivity index (χ0v) is 29.0. The van der Waals surface area contributed by atoms with Crippen molar-refractivity contribution in [2.24, 2.45) is 0 Å². The first-order chi connectivity index (χ1) is 25.8. The Kier molecular flexibility index (Phi) is 6.37. The molecule has 0 saturated heterocycles. The van der Waals surface area contributed by atoms with Gasteiger partial charge in [-0.25, -0.2) is 0 Å². The summed E-state index contributed by atoms with van der Waals surface area (Å²) in [5.41, 5.74) is 12.3. The topological polar surface area (TPSA) is 16.4 Å². The molecule has 10 aromatic rings. The standard InChI is InChI=1S/C49H31NOS/c1-3-15-32(16-4-1)49(33-17-5-2-6-18-33)40-23-10-7-21-38(40)47-41(49)24-14-25-42(47)50(34-29-30-45-39(31-34)35-19-8-11-27-44(35)51-45)43-26-13-22-37-36-20-9-12-28-46(36)52-48(37)43/h1-31H. The number of fused-ring (bicyclic) bond motifs is 9. The van der Waals surface area contributed by atoms with E-state index in [2.05, 4.69) is 187 Å². The van der Waals surface area contributed by atoms with Crippen LogP contribution in [0.4, 0.5) is 17.1 Å². The number of benzene rings is 8. The molecule has 0 radical (unpaired) electrons. The molecule has 0 bridgehead atoms. The summed E-state index contributed by atoms with van der Waals surface area (Å²) >= 11 is 1.87. The molecule has 2 aromatic heterocycles. The van der Waals surface area contributed by atoms with Gasteiger partial charge in [0.2, 0.25) is 0 Å². The molecule has 52 heavy (non-hydrogen) atoms. The summed E-state index contributed by atoms with van der Waals surface area (Å²) in [6.45, 7) is 0. The Hall–Kier alpha value is -6.42. The number of nitrogens with zero attached hydrogens (tertiary/aromatic N) is 1. The van der Waals surface area contributed by atoms with E-state index in [1.165, 1.54) is 53.6 Å². The van der Waals surface area contributed by atoms with Crippen molar-refractivity contribution in [3.63, 3.8) is 0 Å². The van der Waals surface area contributed by atoms with Crippen LogP contribution in [0, 0.1) is 0 Å². The largest absolute Gasteiger partial charge is 0.456 e. The summed E-state index contributed by atoms with van der Waals surface area (Å²) in [4.78, 5) is 2.50. The van der Waals surface area contributed by atoms with E-state index in [1.54, 1.807) is 0 Å². The van der Waals surface area contributed by atoms with Gasteiger partial charge in [-0.05, 0) is 70.3 Å². The number of furan rings is 1. The van der Waals surface area contributed by atoms with Gasteiger partial charge in [0.15, 0.2) is 0 Å². The maximum absolute atomic E-state index is 6.34. The van der Waals surface area contributed by atoms with Crippen LogP contribution < -0.4 is 4.90 Å². The lowest BCUT2D eigenvalue weighted by atomic mass is 9.68. The van der Waals surface area contributed by atoms with Crippen molar-refractivity contribution in [1.29, 1.82) is 0 Å². The Labute approximate surface area is 305 Å². The van der Waals surface area contributed by atoms with E-state index in [0.29, 0.717) is 0 Å². The fourth-order valence-corrected chi connectivity index (χ4v) is 10.0. The second kappa shape index (κ2) is 11.3. The van der Waals surface area contributed by atoms with Crippen LogP contribution in [0.15, 0.2) is 192 Å². The molecule has 3 heteroatoms. The van der Waals surface area contributed by atoms with Crippen LogP contribution in [0.3, 0.4) is 0 Å². The number of para-hydroxylation sites is 1. The number of rotatable bonds is 5. The molecule has 2 heterocycles. The van der Waals surface area contributed by atoms with Gasteiger partial charge in [0.05, 0.1) is 21.5 Å². The third-order valence-electron chi connectivity index (χ3n) is 10.9. The van der Waals surface area contributed by atoms with Gasteiger partial charge < -0.3 is 9.32 Å². The lowest BCUT2D eigenvalue weighted by molar-refractivity contribution is 0.669. The van der Waals surface area contributed by atoms with Crippen LogP contribution in [0.5, 0.6) is 0 Å². The number of thiophene rings is 1. The van der Waals surface area contributed by atoms with E-state index in [9.17, 15) is 0 Å². The highest BCUT2D eigenvalue weighted by Crippen LogP contribution is 2.60. The molecule has 0 amide bonds. The second-order valence-corrected chi connectivity index (χ2v) is 14.6. The summed E-state index contributed by atoms with van der Waals surface area (Å²) in [6.07, 6.45) is 0. The number of anilines is 3. The van der Waals surface area contributed by atoms with Gasteiger partial charge in [-0.2, -0.15) is 0 Å². The first-order valence-electron chi connectivity index (χ1n) is 17.8. The smallest absolute Gasteiger partial charge is 0.135 e. The lowest BCUT2D eigenvalue weighted by Crippen LogP contribution is -2.28. The van der Waals surface area contributed by atoms with Crippen molar-refractivity contribution < 1.29 is 4.42 Å². The summed E-state index contributed by atoms with van der Waals surface area (Å²) in [6, 6.07) is 68.6. The van der Waals surface area contributed by atoms with Gasteiger partial charge in [-0.15, -0.1) is 11.3 Å². The molecule has 2 nitrogen and oxygen atoms in total. The molecule has 1 aliphatic carbocycles. The molecule has 0 aliphatic heterocycles. The van der Waals surface area contributed by atoms with Crippen molar-refractivity contribution in [1.82, 2.24) is 0 Å². The third-order valence-corrected chi connectivity index (χ3v) is 12.2. The normalized spacial score (nSPS) is 13.2. The fraction of sp³-hybridized carbons (Fsp3) is 0.0204. The Balaban J connectivity index is 1.27. The Bertz CT molecular complexity index is 2930. The molecule has 0 saturated carbocycles. The van der Waals surface area contributed by atoms with E-state index in [4.69, 9.17) is 4.42 Å². The van der Waals surface area contributed by atoms with Crippen molar-refractivity contribution in [3.8, 4) is 11.1 Å². The SMILES string of the molecule is c1ccc(C2(c3ccccc3)c3ccccc3-c3c(N(c4ccc5oc6ccccc6c5c4)c4cccc5c4sc4ccccc45)cccc32)cc1. The van der Waals surface area contributed by atoms with E-state index in [-0.39, 0.29) is 0 Å². The zero-order valence-electron chi connectivity index (χ0n) is 28.2. The zero-order chi connectivity index (χ0) is 34.2. The van der Waals surface area contributed by atoms with Gasteiger partial charge in [0.1, 0.15) is 11.2 Å². The fourth-order valence-electron chi connectivity index (χ4n) is 8.83. The van der Waals surface area contributed by atoms with E-state index in [0.717, 1.165) is 39.0 Å². The highest BCUT2D eigenvalue weighted by atomic mass is 32.1. The quantitative estimate of drug-likeness (QED) is 0.180. The average molecular weight is 682 g/mol. The highest BCUT2D eigenvalue weighted by Gasteiger charge is 2.47.